The van der Waals surface area contributed by atoms with E-state index >= 15 is 0 Å². The van der Waals surface area contributed by atoms with Crippen LogP contribution in [-0.4, -0.2) is 110 Å². The van der Waals surface area contributed by atoms with E-state index in [1.807, 2.05) is 0 Å². The Morgan fingerprint density at radius 1 is 0.948 bits per heavy atom. The number of carbonyl (C=O) groups excluding carboxylic acids is 5. The van der Waals surface area contributed by atoms with Gasteiger partial charge in [-0.05, 0) is 63.5 Å². The number of Topliss-reactive ketones (excluding diaryl/α,β-unsaturated/α-hetero) is 1. The van der Waals surface area contributed by atoms with E-state index in [1.165, 1.54) is 26.0 Å². The van der Waals surface area contributed by atoms with Crippen molar-refractivity contribution in [2.45, 2.75) is 128 Å². The number of alkyl carbamates (subject to hydrolysis) is 1. The van der Waals surface area contributed by atoms with Crippen molar-refractivity contribution in [3.63, 3.8) is 0 Å². The van der Waals surface area contributed by atoms with Crippen LogP contribution < -0.4 is 5.32 Å². The van der Waals surface area contributed by atoms with Crippen molar-refractivity contribution in [1.82, 2.24) is 5.32 Å². The van der Waals surface area contributed by atoms with Gasteiger partial charge in [-0.15, -0.1) is 0 Å². The van der Waals surface area contributed by atoms with E-state index in [0.717, 1.165) is 6.92 Å². The molecule has 6 unspecified atom stereocenters. The summed E-state index contributed by atoms with van der Waals surface area (Å²) >= 11 is 0. The van der Waals surface area contributed by atoms with Gasteiger partial charge in [0.1, 0.15) is 35.6 Å². The van der Waals surface area contributed by atoms with Crippen LogP contribution in [-0.2, 0) is 38.1 Å². The highest BCUT2D eigenvalue weighted by atomic mass is 16.6. The maximum atomic E-state index is 14.9. The second-order valence-corrected chi connectivity index (χ2v) is 17.6. The summed E-state index contributed by atoms with van der Waals surface area (Å²) in [6, 6.07) is 14.6. The third kappa shape index (κ3) is 7.10. The average Bonchev–Trinajstić information content (AvgIpc) is 3.14. The first-order valence-electron chi connectivity index (χ1n) is 19.3. The Morgan fingerprint density at radius 3 is 2.10 bits per heavy atom. The number of aliphatic hydroxyl groups excluding tert-OH is 3. The van der Waals surface area contributed by atoms with E-state index < -0.39 is 112 Å². The van der Waals surface area contributed by atoms with Crippen molar-refractivity contribution < 1.29 is 68.1 Å². The average molecular weight is 808 g/mol. The van der Waals surface area contributed by atoms with Crippen molar-refractivity contribution >= 4 is 29.8 Å². The van der Waals surface area contributed by atoms with Gasteiger partial charge in [0, 0.05) is 25.2 Å². The molecule has 2 aromatic rings. The fourth-order valence-corrected chi connectivity index (χ4v) is 9.56. The summed E-state index contributed by atoms with van der Waals surface area (Å²) in [7, 11) is 0. The number of amides is 1. The van der Waals surface area contributed by atoms with Crippen LogP contribution in [0.5, 0.6) is 0 Å². The third-order valence-corrected chi connectivity index (χ3v) is 12.6. The van der Waals surface area contributed by atoms with Gasteiger partial charge in [-0.25, -0.2) is 14.4 Å². The molecule has 3 aliphatic carbocycles. The van der Waals surface area contributed by atoms with E-state index in [-0.39, 0.29) is 29.7 Å². The summed E-state index contributed by atoms with van der Waals surface area (Å²) in [6.45, 7) is 11.8. The number of rotatable bonds is 8. The Hall–Kier alpha value is -4.67. The van der Waals surface area contributed by atoms with Crippen LogP contribution in [0.3, 0.4) is 0 Å². The number of ketones is 1. The smallest absolute Gasteiger partial charge is 0.408 e. The van der Waals surface area contributed by atoms with E-state index in [4.69, 9.17) is 23.7 Å². The maximum absolute atomic E-state index is 14.9. The van der Waals surface area contributed by atoms with Gasteiger partial charge in [-0.3, -0.25) is 9.59 Å². The van der Waals surface area contributed by atoms with E-state index in [1.54, 1.807) is 83.1 Å². The molecule has 2 bridgehead atoms. The van der Waals surface area contributed by atoms with Gasteiger partial charge in [0.25, 0.3) is 0 Å². The quantitative estimate of drug-likeness (QED) is 0.147. The van der Waals surface area contributed by atoms with Gasteiger partial charge in [-0.2, -0.15) is 0 Å². The first kappa shape index (κ1) is 42.9. The molecule has 5 N–H and O–H groups in total. The Balaban J connectivity index is 1.49. The molecular weight excluding hydrogens is 754 g/mol. The second-order valence-electron chi connectivity index (χ2n) is 17.6. The zero-order valence-corrected chi connectivity index (χ0v) is 33.9. The molecule has 1 saturated heterocycles. The Morgan fingerprint density at radius 2 is 1.55 bits per heavy atom. The monoisotopic (exact) mass is 807 g/mol. The topological polar surface area (TPSA) is 224 Å². The fraction of sp³-hybridized carbons (Fsp3) is 0.558. The molecule has 2 saturated carbocycles. The van der Waals surface area contributed by atoms with Crippen LogP contribution in [0.4, 0.5) is 4.79 Å². The molecule has 314 valence electrons. The van der Waals surface area contributed by atoms with Crippen LogP contribution in [0.15, 0.2) is 71.8 Å². The third-order valence-electron chi connectivity index (χ3n) is 12.6. The molecule has 1 aliphatic heterocycles. The predicted molar refractivity (Wildman–Crippen MR) is 204 cm³/mol. The summed E-state index contributed by atoms with van der Waals surface area (Å²) in [5.41, 5.74) is -8.14. The van der Waals surface area contributed by atoms with Crippen molar-refractivity contribution in [2.24, 2.45) is 16.7 Å². The maximum Gasteiger partial charge on any atom is 0.408 e. The number of nitrogens with one attached hydrogen (secondary N) is 1. The molecule has 0 radical (unpaired) electrons. The second kappa shape index (κ2) is 15.2. The molecule has 1 heterocycles. The fourth-order valence-electron chi connectivity index (χ4n) is 9.56. The highest BCUT2D eigenvalue weighted by molar-refractivity contribution is 5.94. The van der Waals surface area contributed by atoms with E-state index in [2.05, 4.69) is 5.32 Å². The molecule has 3 fully saturated rings. The number of benzene rings is 2. The molecule has 4 aliphatic rings. The Labute approximate surface area is 336 Å². The first-order chi connectivity index (χ1) is 27.0. The molecule has 2 aromatic carbocycles. The number of esters is 3. The lowest BCUT2D eigenvalue weighted by atomic mass is 9.44. The van der Waals surface area contributed by atoms with Gasteiger partial charge in [0.2, 0.25) is 0 Å². The summed E-state index contributed by atoms with van der Waals surface area (Å²) in [5.74, 6) is -5.36. The Kier molecular flexibility index (Phi) is 11.2. The lowest BCUT2D eigenvalue weighted by Crippen LogP contribution is -2.81. The molecule has 11 atom stereocenters. The molecule has 0 spiro atoms. The van der Waals surface area contributed by atoms with Gasteiger partial charge < -0.3 is 49.4 Å². The van der Waals surface area contributed by atoms with E-state index in [0.29, 0.717) is 5.56 Å². The number of carbonyl (C=O) groups is 5. The molecule has 58 heavy (non-hydrogen) atoms. The van der Waals surface area contributed by atoms with Crippen LogP contribution in [0.25, 0.3) is 0 Å². The number of ether oxygens (including phenoxy) is 5. The van der Waals surface area contributed by atoms with Gasteiger partial charge in [0.05, 0.1) is 35.6 Å². The zero-order chi connectivity index (χ0) is 42.7. The lowest BCUT2D eigenvalue weighted by molar-refractivity contribution is -0.346. The number of hydrogen-bond acceptors (Lipinski definition) is 14. The standard InChI is InChI=1S/C43H53NO14/c1-22-26(55-37(51)32(48)30(24-15-11-9-12-16-24)44-38(52)58-39(3,4)5)20-43(53)35(56-36(50)25-17-13-10-14-18-25)33-41(8,34(49)31(47)29(22)40(43,6)7)27(46)19-28-42(33,21-54-28)57-23(2)45/h9-18,26-28,30-33,35,46-48,53H,19-21H2,1-8H3,(H,44,52)/t26?,27-,28?,30?,31+,32+,33?,35?,41+,42?,43+/m0/s1. The lowest BCUT2D eigenvalue weighted by Gasteiger charge is -2.67. The summed E-state index contributed by atoms with van der Waals surface area (Å²) in [6.07, 6.45) is -11.5. The number of aliphatic hydroxyl groups is 4. The van der Waals surface area contributed by atoms with Crippen molar-refractivity contribution in [1.29, 1.82) is 0 Å². The molecule has 15 nitrogen and oxygen atoms in total. The largest absolute Gasteiger partial charge is 0.456 e. The SMILES string of the molecule is CC(=O)OC12COC1C[C@H](O)[C@@]1(C)C(=O)[C@H](O)C3=C(C)C(OC(=O)[C@H](O)C(NC(=O)OC(C)(C)C)c4ccccc4)C[C@@](O)(C(OC(=O)c4ccccc4)C21)C3(C)C. The molecule has 15 heteroatoms. The molecular formula is C43H53NO14. The van der Waals surface area contributed by atoms with Crippen molar-refractivity contribution in [3.8, 4) is 0 Å². The summed E-state index contributed by atoms with van der Waals surface area (Å²) in [4.78, 5) is 68.9. The van der Waals surface area contributed by atoms with Gasteiger partial charge in [0.15, 0.2) is 17.5 Å². The van der Waals surface area contributed by atoms with Crippen LogP contribution in [0.2, 0.25) is 0 Å². The van der Waals surface area contributed by atoms with Crippen molar-refractivity contribution in [3.05, 3.63) is 82.9 Å². The van der Waals surface area contributed by atoms with E-state index in [9.17, 15) is 44.4 Å². The number of hydrogen-bond donors (Lipinski definition) is 5. The zero-order valence-electron chi connectivity index (χ0n) is 33.9. The van der Waals surface area contributed by atoms with Gasteiger partial charge in [-0.1, -0.05) is 62.4 Å². The molecule has 1 amide bonds. The minimum absolute atomic E-state index is 0.0637. The van der Waals surface area contributed by atoms with Crippen LogP contribution >= 0.6 is 0 Å². The van der Waals surface area contributed by atoms with Gasteiger partial charge >= 0.3 is 24.0 Å². The number of fused-ring (bicyclic) bond motifs is 5. The Bertz CT molecular complexity index is 1980. The van der Waals surface area contributed by atoms with Crippen LogP contribution in [0, 0.1) is 16.7 Å². The minimum atomic E-state index is -2.35. The minimum Gasteiger partial charge on any atom is -0.456 e. The van der Waals surface area contributed by atoms with Crippen molar-refractivity contribution in [2.75, 3.05) is 6.61 Å². The molecule has 0 aromatic heterocycles. The summed E-state index contributed by atoms with van der Waals surface area (Å²) < 4.78 is 29.5. The van der Waals surface area contributed by atoms with Crippen LogP contribution in [0.1, 0.15) is 90.2 Å². The highest BCUT2D eigenvalue weighted by Crippen LogP contribution is 2.64. The highest BCUT2D eigenvalue weighted by Gasteiger charge is 2.78. The normalized spacial score (nSPS) is 33.7. The predicted octanol–water partition coefficient (Wildman–Crippen LogP) is 3.26. The first-order valence-corrected chi connectivity index (χ1v) is 19.3. The summed E-state index contributed by atoms with van der Waals surface area (Å²) in [5, 5.41) is 51.6. The molecule has 6 rings (SSSR count).